The summed E-state index contributed by atoms with van der Waals surface area (Å²) in [4.78, 5) is 13.5. The number of carbonyl (C=O) groups is 1. The minimum absolute atomic E-state index is 0.126. The van der Waals surface area contributed by atoms with Crippen LogP contribution < -0.4 is 0 Å². The average molecular weight is 705 g/mol. The van der Waals surface area contributed by atoms with E-state index in [1.165, 1.54) is 238 Å². The second-order valence-corrected chi connectivity index (χ2v) is 16.6. The summed E-state index contributed by atoms with van der Waals surface area (Å²) in [5.74, 6) is 0.972. The minimum Gasteiger partial charge on any atom is -0.465 e. The van der Waals surface area contributed by atoms with Crippen molar-refractivity contribution in [2.45, 2.75) is 285 Å². The molecule has 0 aliphatic carbocycles. The van der Waals surface area contributed by atoms with Gasteiger partial charge in [0, 0.05) is 0 Å². The van der Waals surface area contributed by atoms with E-state index in [1.807, 2.05) is 0 Å². The highest BCUT2D eigenvalue weighted by molar-refractivity contribution is 5.72. The predicted octanol–water partition coefficient (Wildman–Crippen LogP) is 17.4. The lowest BCUT2D eigenvalue weighted by atomic mass is 9.84. The van der Waals surface area contributed by atoms with E-state index in [9.17, 15) is 4.79 Å². The van der Waals surface area contributed by atoms with E-state index in [2.05, 4.69) is 27.7 Å². The predicted molar refractivity (Wildman–Crippen MR) is 225 cm³/mol. The quantitative estimate of drug-likeness (QED) is 0.0466. The molecule has 50 heavy (non-hydrogen) atoms. The summed E-state index contributed by atoms with van der Waals surface area (Å²) in [6.07, 6.45) is 53.9. The molecule has 0 N–H and O–H groups in total. The second kappa shape index (κ2) is 42.9. The normalized spacial score (nSPS) is 12.8. The molecular weight excluding hydrogens is 609 g/mol. The van der Waals surface area contributed by atoms with Crippen molar-refractivity contribution in [2.24, 2.45) is 11.8 Å². The number of hydrogen-bond donors (Lipinski definition) is 0. The SMILES string of the molecule is CCCCCCCCCCCCCCCCOC(=O)C(CCCCCCCCCCCCCC)CC(CCCCCC)CCCCCCCC. The molecule has 0 fully saturated rings. The van der Waals surface area contributed by atoms with E-state index in [0.29, 0.717) is 12.5 Å². The number of rotatable bonds is 43. The van der Waals surface area contributed by atoms with Gasteiger partial charge < -0.3 is 4.74 Å². The van der Waals surface area contributed by atoms with Crippen molar-refractivity contribution in [2.75, 3.05) is 6.61 Å². The van der Waals surface area contributed by atoms with Gasteiger partial charge in [0.05, 0.1) is 12.5 Å². The van der Waals surface area contributed by atoms with Crippen molar-refractivity contribution in [3.63, 3.8) is 0 Å². The maximum atomic E-state index is 13.5. The average Bonchev–Trinajstić information content (AvgIpc) is 3.12. The Kier molecular flexibility index (Phi) is 42.4. The molecule has 0 heterocycles. The molecule has 0 aliphatic heterocycles. The van der Waals surface area contributed by atoms with E-state index in [4.69, 9.17) is 4.74 Å². The monoisotopic (exact) mass is 705 g/mol. The van der Waals surface area contributed by atoms with Crippen molar-refractivity contribution in [1.29, 1.82) is 0 Å². The highest BCUT2D eigenvalue weighted by Gasteiger charge is 2.24. The van der Waals surface area contributed by atoms with Crippen molar-refractivity contribution >= 4 is 5.97 Å². The van der Waals surface area contributed by atoms with Crippen LogP contribution >= 0.6 is 0 Å². The topological polar surface area (TPSA) is 26.3 Å². The smallest absolute Gasteiger partial charge is 0.308 e. The first-order valence-corrected chi connectivity index (χ1v) is 23.9. The standard InChI is InChI=1S/C48H96O2/c1-5-9-13-17-20-22-24-26-27-29-31-33-36-40-44-50-48(49)47(43-39-35-32-30-28-25-23-21-18-14-10-6-2)45-46(41-37-16-12-8-4)42-38-34-19-15-11-7-3/h46-47H,5-45H2,1-4H3. The number of hydrogen-bond acceptors (Lipinski definition) is 2. The maximum Gasteiger partial charge on any atom is 0.308 e. The van der Waals surface area contributed by atoms with Gasteiger partial charge in [0.1, 0.15) is 0 Å². The van der Waals surface area contributed by atoms with Gasteiger partial charge in [-0.25, -0.2) is 0 Å². The minimum atomic E-state index is 0.126. The molecule has 0 rings (SSSR count). The Morgan fingerprint density at radius 3 is 0.940 bits per heavy atom. The second-order valence-electron chi connectivity index (χ2n) is 16.6. The molecule has 2 atom stereocenters. The van der Waals surface area contributed by atoms with Crippen LogP contribution in [0, 0.1) is 11.8 Å². The lowest BCUT2D eigenvalue weighted by molar-refractivity contribution is -0.149. The largest absolute Gasteiger partial charge is 0.465 e. The van der Waals surface area contributed by atoms with Crippen LogP contribution in [0.15, 0.2) is 0 Å². The van der Waals surface area contributed by atoms with Crippen molar-refractivity contribution in [3.8, 4) is 0 Å². The highest BCUT2D eigenvalue weighted by atomic mass is 16.5. The van der Waals surface area contributed by atoms with Gasteiger partial charge >= 0.3 is 5.97 Å². The van der Waals surface area contributed by atoms with Crippen molar-refractivity contribution < 1.29 is 9.53 Å². The van der Waals surface area contributed by atoms with E-state index in [1.54, 1.807) is 0 Å². The van der Waals surface area contributed by atoms with E-state index in [0.717, 1.165) is 19.3 Å². The summed E-state index contributed by atoms with van der Waals surface area (Å²) in [7, 11) is 0. The van der Waals surface area contributed by atoms with Crippen LogP contribution in [0.3, 0.4) is 0 Å². The molecule has 0 saturated heterocycles. The van der Waals surface area contributed by atoms with Gasteiger partial charge in [-0.2, -0.15) is 0 Å². The van der Waals surface area contributed by atoms with Crippen LogP contribution in [0.4, 0.5) is 0 Å². The van der Waals surface area contributed by atoms with Gasteiger partial charge in [-0.3, -0.25) is 4.79 Å². The molecule has 2 heteroatoms. The van der Waals surface area contributed by atoms with Crippen LogP contribution in [0.1, 0.15) is 285 Å². The summed E-state index contributed by atoms with van der Waals surface area (Å²) in [6, 6.07) is 0. The molecule has 0 spiro atoms. The third-order valence-corrected chi connectivity index (χ3v) is 11.5. The number of unbranched alkanes of at least 4 members (excludes halogenated alkanes) is 32. The van der Waals surface area contributed by atoms with E-state index >= 15 is 0 Å². The Morgan fingerprint density at radius 1 is 0.340 bits per heavy atom. The van der Waals surface area contributed by atoms with Gasteiger partial charge in [0.2, 0.25) is 0 Å². The van der Waals surface area contributed by atoms with Gasteiger partial charge in [-0.15, -0.1) is 0 Å². The molecule has 0 aromatic heterocycles. The van der Waals surface area contributed by atoms with Gasteiger partial charge in [0.15, 0.2) is 0 Å². The highest BCUT2D eigenvalue weighted by Crippen LogP contribution is 2.29. The Balaban J connectivity index is 4.55. The zero-order chi connectivity index (χ0) is 36.4. The molecule has 2 unspecified atom stereocenters. The third-order valence-electron chi connectivity index (χ3n) is 11.5. The van der Waals surface area contributed by atoms with Crippen LogP contribution in [0.5, 0.6) is 0 Å². The van der Waals surface area contributed by atoms with Crippen LogP contribution in [-0.4, -0.2) is 12.6 Å². The molecule has 0 saturated carbocycles. The zero-order valence-corrected chi connectivity index (χ0v) is 35.5. The summed E-state index contributed by atoms with van der Waals surface area (Å²) < 4.78 is 6.04. The number of carbonyl (C=O) groups excluding carboxylic acids is 1. The van der Waals surface area contributed by atoms with Crippen LogP contribution in [0.2, 0.25) is 0 Å². The fourth-order valence-corrected chi connectivity index (χ4v) is 8.01. The van der Waals surface area contributed by atoms with E-state index in [-0.39, 0.29) is 11.9 Å². The molecule has 0 aliphatic rings. The zero-order valence-electron chi connectivity index (χ0n) is 35.5. The summed E-state index contributed by atoms with van der Waals surface area (Å²) >= 11 is 0. The summed E-state index contributed by atoms with van der Waals surface area (Å²) in [5, 5.41) is 0. The number of esters is 1. The Labute approximate surface area is 317 Å². The molecule has 2 nitrogen and oxygen atoms in total. The molecular formula is C48H96O2. The summed E-state index contributed by atoms with van der Waals surface area (Å²) in [5.41, 5.74) is 0. The molecule has 0 radical (unpaired) electrons. The van der Waals surface area contributed by atoms with Crippen molar-refractivity contribution in [1.82, 2.24) is 0 Å². The Hall–Kier alpha value is -0.530. The first kappa shape index (κ1) is 49.5. The first-order valence-electron chi connectivity index (χ1n) is 23.9. The fourth-order valence-electron chi connectivity index (χ4n) is 8.01. The lowest BCUT2D eigenvalue weighted by Gasteiger charge is -2.23. The first-order chi connectivity index (χ1) is 24.7. The Morgan fingerprint density at radius 2 is 0.600 bits per heavy atom. The van der Waals surface area contributed by atoms with Gasteiger partial charge in [0.25, 0.3) is 0 Å². The molecule has 0 aromatic rings. The van der Waals surface area contributed by atoms with Crippen molar-refractivity contribution in [3.05, 3.63) is 0 Å². The molecule has 0 aromatic carbocycles. The Bertz CT molecular complexity index is 630. The molecule has 300 valence electrons. The van der Waals surface area contributed by atoms with Gasteiger partial charge in [-0.05, 0) is 25.2 Å². The summed E-state index contributed by atoms with van der Waals surface area (Å²) in [6.45, 7) is 9.86. The maximum absolute atomic E-state index is 13.5. The fraction of sp³-hybridized carbons (Fsp3) is 0.979. The van der Waals surface area contributed by atoms with E-state index < -0.39 is 0 Å². The van der Waals surface area contributed by atoms with Crippen LogP contribution in [-0.2, 0) is 9.53 Å². The molecule has 0 bridgehead atoms. The molecule has 0 amide bonds. The lowest BCUT2D eigenvalue weighted by Crippen LogP contribution is -2.22. The number of ether oxygens (including phenoxy) is 1. The van der Waals surface area contributed by atoms with Crippen LogP contribution in [0.25, 0.3) is 0 Å². The van der Waals surface area contributed by atoms with Gasteiger partial charge in [-0.1, -0.05) is 265 Å². The third kappa shape index (κ3) is 37.2.